The van der Waals surface area contributed by atoms with E-state index in [9.17, 15) is 14.3 Å². The molecule has 0 heterocycles. The van der Waals surface area contributed by atoms with Crippen LogP contribution in [-0.2, 0) is 4.79 Å². The lowest BCUT2D eigenvalue weighted by Crippen LogP contribution is -2.21. The van der Waals surface area contributed by atoms with Gasteiger partial charge in [-0.2, -0.15) is 0 Å². The highest BCUT2D eigenvalue weighted by atomic mass is 79.9. The number of rotatable bonds is 4. The molecule has 0 fully saturated rings. The van der Waals surface area contributed by atoms with Gasteiger partial charge in [-0.25, -0.2) is 9.18 Å². The van der Waals surface area contributed by atoms with E-state index in [0.29, 0.717) is 11.3 Å². The number of carboxylic acid groups (broad SMARTS) is 1. The van der Waals surface area contributed by atoms with E-state index in [1.54, 1.807) is 6.07 Å². The SMILES string of the molecule is Cc1ccc(C(Nc2ccc(F)cc2)C(=O)O)c(Br)c1. The Hall–Kier alpha value is -1.88. The van der Waals surface area contributed by atoms with Crippen LogP contribution < -0.4 is 5.32 Å². The summed E-state index contributed by atoms with van der Waals surface area (Å²) >= 11 is 3.38. The first-order chi connectivity index (χ1) is 9.47. The molecule has 0 radical (unpaired) electrons. The van der Waals surface area contributed by atoms with Gasteiger partial charge in [-0.1, -0.05) is 28.1 Å². The van der Waals surface area contributed by atoms with Crippen LogP contribution in [0.2, 0.25) is 0 Å². The zero-order chi connectivity index (χ0) is 14.7. The monoisotopic (exact) mass is 337 g/mol. The summed E-state index contributed by atoms with van der Waals surface area (Å²) in [6, 6.07) is 10.1. The van der Waals surface area contributed by atoms with Gasteiger partial charge in [0.15, 0.2) is 6.04 Å². The molecule has 0 aromatic heterocycles. The van der Waals surface area contributed by atoms with E-state index in [-0.39, 0.29) is 5.82 Å². The average molecular weight is 338 g/mol. The van der Waals surface area contributed by atoms with Gasteiger partial charge in [0, 0.05) is 10.2 Å². The predicted molar refractivity (Wildman–Crippen MR) is 79.3 cm³/mol. The third kappa shape index (κ3) is 3.36. The minimum Gasteiger partial charge on any atom is -0.479 e. The fourth-order valence-electron chi connectivity index (χ4n) is 1.85. The summed E-state index contributed by atoms with van der Waals surface area (Å²) in [5.41, 5.74) is 2.20. The summed E-state index contributed by atoms with van der Waals surface area (Å²) in [6.45, 7) is 1.93. The topological polar surface area (TPSA) is 49.3 Å². The summed E-state index contributed by atoms with van der Waals surface area (Å²) in [4.78, 5) is 11.5. The second kappa shape index (κ2) is 6.05. The number of anilines is 1. The number of halogens is 2. The molecular formula is C15H13BrFNO2. The van der Waals surface area contributed by atoms with Crippen molar-refractivity contribution in [2.45, 2.75) is 13.0 Å². The van der Waals surface area contributed by atoms with Gasteiger partial charge in [-0.15, -0.1) is 0 Å². The Kier molecular flexibility index (Phi) is 4.39. The summed E-state index contributed by atoms with van der Waals surface area (Å²) in [5, 5.41) is 12.3. The summed E-state index contributed by atoms with van der Waals surface area (Å²) in [7, 11) is 0. The molecule has 0 bridgehead atoms. The van der Waals surface area contributed by atoms with Crippen molar-refractivity contribution in [1.82, 2.24) is 0 Å². The molecule has 0 aliphatic carbocycles. The molecule has 0 saturated carbocycles. The molecule has 0 saturated heterocycles. The van der Waals surface area contributed by atoms with Crippen molar-refractivity contribution in [2.75, 3.05) is 5.32 Å². The zero-order valence-corrected chi connectivity index (χ0v) is 12.3. The van der Waals surface area contributed by atoms with Gasteiger partial charge in [0.25, 0.3) is 0 Å². The highest BCUT2D eigenvalue weighted by molar-refractivity contribution is 9.10. The molecule has 2 rings (SSSR count). The van der Waals surface area contributed by atoms with Crippen molar-refractivity contribution < 1.29 is 14.3 Å². The minimum atomic E-state index is -1.00. The molecule has 2 aromatic carbocycles. The highest BCUT2D eigenvalue weighted by Crippen LogP contribution is 2.28. The number of aryl methyl sites for hydroxylation is 1. The number of carboxylic acids is 1. The van der Waals surface area contributed by atoms with Crippen molar-refractivity contribution in [2.24, 2.45) is 0 Å². The molecule has 3 nitrogen and oxygen atoms in total. The fraction of sp³-hybridized carbons (Fsp3) is 0.133. The van der Waals surface area contributed by atoms with E-state index in [0.717, 1.165) is 10.0 Å². The molecule has 2 N–H and O–H groups in total. The Bertz CT molecular complexity index is 628. The van der Waals surface area contributed by atoms with Gasteiger partial charge in [0.1, 0.15) is 5.82 Å². The average Bonchev–Trinajstić information content (AvgIpc) is 2.39. The molecule has 0 aliphatic rings. The number of hydrogen-bond acceptors (Lipinski definition) is 2. The van der Waals surface area contributed by atoms with Crippen molar-refractivity contribution >= 4 is 27.6 Å². The summed E-state index contributed by atoms with van der Waals surface area (Å²) in [5.74, 6) is -1.36. The quantitative estimate of drug-likeness (QED) is 0.881. The minimum absolute atomic E-state index is 0.362. The lowest BCUT2D eigenvalue weighted by Gasteiger charge is -2.18. The molecular weight excluding hydrogens is 325 g/mol. The standard InChI is InChI=1S/C15H13BrFNO2/c1-9-2-7-12(13(16)8-9)14(15(19)20)18-11-5-3-10(17)4-6-11/h2-8,14,18H,1H3,(H,19,20). The fourth-order valence-corrected chi connectivity index (χ4v) is 2.57. The van der Waals surface area contributed by atoms with Crippen LogP contribution in [-0.4, -0.2) is 11.1 Å². The van der Waals surface area contributed by atoms with E-state index in [4.69, 9.17) is 0 Å². The van der Waals surface area contributed by atoms with Gasteiger partial charge < -0.3 is 10.4 Å². The third-order valence-corrected chi connectivity index (χ3v) is 3.56. The number of benzene rings is 2. The van der Waals surface area contributed by atoms with E-state index in [2.05, 4.69) is 21.2 Å². The first-order valence-electron chi connectivity index (χ1n) is 5.98. The van der Waals surface area contributed by atoms with Crippen LogP contribution in [0.3, 0.4) is 0 Å². The zero-order valence-electron chi connectivity index (χ0n) is 10.7. The lowest BCUT2D eigenvalue weighted by molar-refractivity contribution is -0.138. The van der Waals surface area contributed by atoms with Crippen LogP contribution in [0, 0.1) is 12.7 Å². The molecule has 0 amide bonds. The molecule has 2 aromatic rings. The van der Waals surface area contributed by atoms with Crippen LogP contribution in [0.4, 0.5) is 10.1 Å². The first kappa shape index (κ1) is 14.5. The van der Waals surface area contributed by atoms with E-state index in [1.807, 2.05) is 19.1 Å². The first-order valence-corrected chi connectivity index (χ1v) is 6.77. The van der Waals surface area contributed by atoms with Crippen LogP contribution in [0.1, 0.15) is 17.2 Å². The predicted octanol–water partition coefficient (Wildman–Crippen LogP) is 4.13. The third-order valence-electron chi connectivity index (χ3n) is 2.87. The van der Waals surface area contributed by atoms with Crippen LogP contribution >= 0.6 is 15.9 Å². The largest absolute Gasteiger partial charge is 0.479 e. The Morgan fingerprint density at radius 2 is 1.90 bits per heavy atom. The van der Waals surface area contributed by atoms with Gasteiger partial charge in [-0.05, 0) is 48.4 Å². The second-order valence-electron chi connectivity index (χ2n) is 4.45. The van der Waals surface area contributed by atoms with Gasteiger partial charge in [0.05, 0.1) is 0 Å². The van der Waals surface area contributed by atoms with Crippen LogP contribution in [0.15, 0.2) is 46.9 Å². The maximum Gasteiger partial charge on any atom is 0.330 e. The van der Waals surface area contributed by atoms with Crippen molar-refractivity contribution in [3.63, 3.8) is 0 Å². The Balaban J connectivity index is 2.31. The molecule has 20 heavy (non-hydrogen) atoms. The lowest BCUT2D eigenvalue weighted by atomic mass is 10.0. The van der Waals surface area contributed by atoms with Crippen molar-refractivity contribution in [3.8, 4) is 0 Å². The van der Waals surface area contributed by atoms with Gasteiger partial charge in [0.2, 0.25) is 0 Å². The van der Waals surface area contributed by atoms with Crippen molar-refractivity contribution in [3.05, 3.63) is 63.9 Å². The van der Waals surface area contributed by atoms with Gasteiger partial charge in [-0.3, -0.25) is 0 Å². The maximum atomic E-state index is 12.9. The Morgan fingerprint density at radius 3 is 2.45 bits per heavy atom. The summed E-state index contributed by atoms with van der Waals surface area (Å²) in [6.07, 6.45) is 0. The highest BCUT2D eigenvalue weighted by Gasteiger charge is 2.22. The van der Waals surface area contributed by atoms with E-state index >= 15 is 0 Å². The molecule has 0 spiro atoms. The Labute approximate surface area is 124 Å². The van der Waals surface area contributed by atoms with Gasteiger partial charge >= 0.3 is 5.97 Å². The normalized spacial score (nSPS) is 11.9. The second-order valence-corrected chi connectivity index (χ2v) is 5.30. The molecule has 1 atom stereocenters. The smallest absolute Gasteiger partial charge is 0.330 e. The number of nitrogens with one attached hydrogen (secondary N) is 1. The van der Waals surface area contributed by atoms with Crippen molar-refractivity contribution in [1.29, 1.82) is 0 Å². The number of aliphatic carboxylic acids is 1. The number of hydrogen-bond donors (Lipinski definition) is 2. The number of carbonyl (C=O) groups is 1. The molecule has 104 valence electrons. The summed E-state index contributed by atoms with van der Waals surface area (Å²) < 4.78 is 13.6. The van der Waals surface area contributed by atoms with E-state index < -0.39 is 12.0 Å². The molecule has 0 aliphatic heterocycles. The molecule has 1 unspecified atom stereocenters. The van der Waals surface area contributed by atoms with Crippen LogP contribution in [0.5, 0.6) is 0 Å². The molecule has 5 heteroatoms. The Morgan fingerprint density at radius 1 is 1.25 bits per heavy atom. The van der Waals surface area contributed by atoms with Crippen LogP contribution in [0.25, 0.3) is 0 Å². The van der Waals surface area contributed by atoms with E-state index in [1.165, 1.54) is 24.3 Å². The maximum absolute atomic E-state index is 12.9.